The average Bonchev–Trinajstić information content (AvgIpc) is 3.28. The lowest BCUT2D eigenvalue weighted by molar-refractivity contribution is -0.000468. The van der Waals surface area contributed by atoms with Crippen LogP contribution < -0.4 is 0 Å². The first-order chi connectivity index (χ1) is 13.3. The van der Waals surface area contributed by atoms with Crippen LogP contribution >= 0.6 is 0 Å². The van der Waals surface area contributed by atoms with E-state index < -0.39 is 0 Å². The largest absolute Gasteiger partial charge is 0.373 e. The number of nitrogens with zero attached hydrogens (tertiary/aromatic N) is 5. The smallest absolute Gasteiger partial charge is 0.256 e. The number of hydrogen-bond acceptors (Lipinski definition) is 5. The summed E-state index contributed by atoms with van der Waals surface area (Å²) >= 11 is 0. The summed E-state index contributed by atoms with van der Waals surface area (Å²) in [5.74, 6) is 0.0202. The molecule has 3 aromatic rings. The third-order valence-electron chi connectivity index (χ3n) is 4.74. The summed E-state index contributed by atoms with van der Waals surface area (Å²) in [4.78, 5) is 23.0. The van der Waals surface area contributed by atoms with Gasteiger partial charge >= 0.3 is 0 Å². The summed E-state index contributed by atoms with van der Waals surface area (Å²) in [6.45, 7) is 1.92. The monoisotopic (exact) mass is 363 g/mol. The number of carbonyl (C=O) groups is 1. The van der Waals surface area contributed by atoms with Gasteiger partial charge in [-0.25, -0.2) is 9.67 Å². The zero-order valence-electron chi connectivity index (χ0n) is 14.9. The summed E-state index contributed by atoms with van der Waals surface area (Å²) < 4.78 is 7.61. The van der Waals surface area contributed by atoms with Crippen LogP contribution in [0.5, 0.6) is 0 Å². The molecule has 4 rings (SSSR count). The van der Waals surface area contributed by atoms with Gasteiger partial charge in [0, 0.05) is 25.5 Å². The van der Waals surface area contributed by atoms with Crippen LogP contribution in [0, 0.1) is 0 Å². The fourth-order valence-corrected chi connectivity index (χ4v) is 3.28. The molecule has 1 amide bonds. The minimum Gasteiger partial charge on any atom is -0.373 e. The van der Waals surface area contributed by atoms with Crippen molar-refractivity contribution in [3.05, 3.63) is 72.6 Å². The average molecular weight is 363 g/mol. The van der Waals surface area contributed by atoms with E-state index in [1.54, 1.807) is 17.2 Å². The molecule has 0 N–H and O–H groups in total. The SMILES string of the molecule is O=C(c1ccccc1-n1cncn1)N1CCC(OCc2cccnc2)CC1. The van der Waals surface area contributed by atoms with Crippen LogP contribution in [0.2, 0.25) is 0 Å². The minimum absolute atomic E-state index is 0.0202. The second-order valence-corrected chi connectivity index (χ2v) is 6.52. The molecule has 2 aromatic heterocycles. The Balaban J connectivity index is 1.37. The number of para-hydroxylation sites is 1. The molecule has 138 valence electrons. The third kappa shape index (κ3) is 4.03. The highest BCUT2D eigenvalue weighted by molar-refractivity contribution is 5.97. The number of benzene rings is 1. The Kier molecular flexibility index (Phi) is 5.20. The van der Waals surface area contributed by atoms with Crippen LogP contribution in [0.4, 0.5) is 0 Å². The third-order valence-corrected chi connectivity index (χ3v) is 4.74. The number of pyridine rings is 1. The molecule has 0 bridgehead atoms. The van der Waals surface area contributed by atoms with Gasteiger partial charge in [-0.3, -0.25) is 9.78 Å². The van der Waals surface area contributed by atoms with Crippen molar-refractivity contribution in [2.75, 3.05) is 13.1 Å². The Morgan fingerprint density at radius 2 is 1.96 bits per heavy atom. The van der Waals surface area contributed by atoms with Gasteiger partial charge in [-0.2, -0.15) is 5.10 Å². The van der Waals surface area contributed by atoms with Gasteiger partial charge in [0.25, 0.3) is 5.91 Å². The zero-order chi connectivity index (χ0) is 18.5. The number of rotatable bonds is 5. The molecule has 1 fully saturated rings. The Bertz CT molecular complexity index is 874. The molecule has 7 nitrogen and oxygen atoms in total. The van der Waals surface area contributed by atoms with Crippen LogP contribution in [0.3, 0.4) is 0 Å². The van der Waals surface area contributed by atoms with Crippen molar-refractivity contribution in [2.45, 2.75) is 25.6 Å². The predicted octanol–water partition coefficient (Wildman–Crippen LogP) is 2.48. The lowest BCUT2D eigenvalue weighted by Gasteiger charge is -2.32. The number of piperidine rings is 1. The van der Waals surface area contributed by atoms with Crippen molar-refractivity contribution in [2.24, 2.45) is 0 Å². The maximum absolute atomic E-state index is 13.0. The predicted molar refractivity (Wildman–Crippen MR) is 99.3 cm³/mol. The molecule has 1 aliphatic heterocycles. The Hall–Kier alpha value is -3.06. The number of likely N-dealkylation sites (tertiary alicyclic amines) is 1. The van der Waals surface area contributed by atoms with Gasteiger partial charge in [-0.15, -0.1) is 0 Å². The molecule has 1 aromatic carbocycles. The molecule has 27 heavy (non-hydrogen) atoms. The molecule has 0 unspecified atom stereocenters. The van der Waals surface area contributed by atoms with E-state index in [9.17, 15) is 4.79 Å². The van der Waals surface area contributed by atoms with Gasteiger partial charge in [-0.1, -0.05) is 18.2 Å². The second-order valence-electron chi connectivity index (χ2n) is 6.52. The molecule has 0 atom stereocenters. The summed E-state index contributed by atoms with van der Waals surface area (Å²) in [5, 5.41) is 4.15. The first-order valence-corrected chi connectivity index (χ1v) is 9.05. The molecule has 3 heterocycles. The molecule has 1 aliphatic rings. The lowest BCUT2D eigenvalue weighted by Crippen LogP contribution is -2.41. The number of carbonyl (C=O) groups excluding carboxylic acids is 1. The molecule has 0 aliphatic carbocycles. The number of aromatic nitrogens is 4. The highest BCUT2D eigenvalue weighted by Gasteiger charge is 2.25. The van der Waals surface area contributed by atoms with Gasteiger partial charge in [0.15, 0.2) is 0 Å². The van der Waals surface area contributed by atoms with Gasteiger partial charge in [0.2, 0.25) is 0 Å². The van der Waals surface area contributed by atoms with E-state index >= 15 is 0 Å². The number of amides is 1. The quantitative estimate of drug-likeness (QED) is 0.696. The van der Waals surface area contributed by atoms with Crippen LogP contribution in [0.1, 0.15) is 28.8 Å². The first-order valence-electron chi connectivity index (χ1n) is 9.05. The summed E-state index contributed by atoms with van der Waals surface area (Å²) in [6.07, 6.45) is 8.47. The lowest BCUT2D eigenvalue weighted by atomic mass is 10.1. The van der Waals surface area contributed by atoms with Crippen molar-refractivity contribution in [1.29, 1.82) is 0 Å². The molecule has 0 radical (unpaired) electrons. The second kappa shape index (κ2) is 8.09. The number of ether oxygens (including phenoxy) is 1. The Morgan fingerprint density at radius 3 is 2.70 bits per heavy atom. The van der Waals surface area contributed by atoms with Gasteiger partial charge in [0.05, 0.1) is 24.0 Å². The normalized spacial score (nSPS) is 15.0. The first kappa shape index (κ1) is 17.4. The minimum atomic E-state index is 0.0202. The fraction of sp³-hybridized carbons (Fsp3) is 0.300. The van der Waals surface area contributed by atoms with E-state index in [4.69, 9.17) is 4.74 Å². The van der Waals surface area contributed by atoms with Crippen molar-refractivity contribution in [1.82, 2.24) is 24.6 Å². The van der Waals surface area contributed by atoms with E-state index in [0.29, 0.717) is 25.3 Å². The van der Waals surface area contributed by atoms with E-state index in [1.165, 1.54) is 6.33 Å². The van der Waals surface area contributed by atoms with E-state index in [0.717, 1.165) is 24.1 Å². The summed E-state index contributed by atoms with van der Waals surface area (Å²) in [6, 6.07) is 11.4. The molecular weight excluding hydrogens is 342 g/mol. The van der Waals surface area contributed by atoms with Gasteiger partial charge in [-0.05, 0) is 36.6 Å². The van der Waals surface area contributed by atoms with Crippen LogP contribution in [-0.4, -0.2) is 49.7 Å². The van der Waals surface area contributed by atoms with Crippen molar-refractivity contribution >= 4 is 5.91 Å². The van der Waals surface area contributed by atoms with Crippen LogP contribution in [0.15, 0.2) is 61.4 Å². The van der Waals surface area contributed by atoms with E-state index in [-0.39, 0.29) is 12.0 Å². The van der Waals surface area contributed by atoms with E-state index in [2.05, 4.69) is 15.1 Å². The Morgan fingerprint density at radius 1 is 1.11 bits per heavy atom. The van der Waals surface area contributed by atoms with Gasteiger partial charge in [0.1, 0.15) is 12.7 Å². The highest BCUT2D eigenvalue weighted by atomic mass is 16.5. The van der Waals surface area contributed by atoms with Crippen molar-refractivity contribution in [3.8, 4) is 5.69 Å². The standard InChI is InChI=1S/C20H21N5O2/c26-20(18-5-1-2-6-19(18)25-15-22-14-23-25)24-10-7-17(8-11-24)27-13-16-4-3-9-21-12-16/h1-6,9,12,14-15,17H,7-8,10-11,13H2. The summed E-state index contributed by atoms with van der Waals surface area (Å²) in [5.41, 5.74) is 2.45. The van der Waals surface area contributed by atoms with Gasteiger partial charge < -0.3 is 9.64 Å². The Labute approximate surface area is 157 Å². The molecule has 1 saturated heterocycles. The topological polar surface area (TPSA) is 73.1 Å². The van der Waals surface area contributed by atoms with Crippen molar-refractivity contribution < 1.29 is 9.53 Å². The highest BCUT2D eigenvalue weighted by Crippen LogP contribution is 2.20. The molecule has 7 heteroatoms. The molecule has 0 saturated carbocycles. The zero-order valence-corrected chi connectivity index (χ0v) is 14.9. The maximum atomic E-state index is 13.0. The van der Waals surface area contributed by atoms with E-state index in [1.807, 2.05) is 47.5 Å². The fourth-order valence-electron chi connectivity index (χ4n) is 3.28. The molecule has 0 spiro atoms. The number of hydrogen-bond donors (Lipinski definition) is 0. The van der Waals surface area contributed by atoms with Crippen LogP contribution in [-0.2, 0) is 11.3 Å². The van der Waals surface area contributed by atoms with Crippen molar-refractivity contribution in [3.63, 3.8) is 0 Å². The maximum Gasteiger partial charge on any atom is 0.256 e. The van der Waals surface area contributed by atoms with Crippen LogP contribution in [0.25, 0.3) is 5.69 Å². The summed E-state index contributed by atoms with van der Waals surface area (Å²) in [7, 11) is 0. The molecular formula is C20H21N5O2.